The highest BCUT2D eigenvalue weighted by Gasteiger charge is 2.23. The van der Waals surface area contributed by atoms with Crippen molar-refractivity contribution in [2.75, 3.05) is 26.8 Å². The molecule has 0 bridgehead atoms. The third-order valence-electron chi connectivity index (χ3n) is 5.92. The second-order valence-corrected chi connectivity index (χ2v) is 8.13. The van der Waals surface area contributed by atoms with Gasteiger partial charge in [0.05, 0.1) is 13.0 Å². The van der Waals surface area contributed by atoms with Crippen LogP contribution in [0.25, 0.3) is 0 Å². The average Bonchev–Trinajstić information content (AvgIpc) is 3.01. The number of nitrogens with one attached hydrogen (secondary N) is 1. The minimum Gasteiger partial charge on any atom is -0.490 e. The van der Waals surface area contributed by atoms with E-state index in [2.05, 4.69) is 5.32 Å². The molecule has 1 aliphatic carbocycles. The lowest BCUT2D eigenvalue weighted by Gasteiger charge is -2.32. The molecule has 2 aliphatic rings. The maximum Gasteiger partial charge on any atom is 0.251 e. The van der Waals surface area contributed by atoms with Crippen molar-refractivity contribution < 1.29 is 19.1 Å². The SMILES string of the molecule is COCCC(=O)N1CCC(Oc2ccc(C(=O)NC3CCCCCC3)cc2)CC1. The fourth-order valence-electron chi connectivity index (χ4n) is 4.14. The molecule has 1 aromatic carbocycles. The zero-order valence-electron chi connectivity index (χ0n) is 17.5. The first-order chi connectivity index (χ1) is 14.2. The Morgan fingerprint density at radius 2 is 1.66 bits per heavy atom. The lowest BCUT2D eigenvalue weighted by Crippen LogP contribution is -2.42. The van der Waals surface area contributed by atoms with Crippen LogP contribution in [0.1, 0.15) is 68.1 Å². The molecule has 1 aliphatic heterocycles. The van der Waals surface area contributed by atoms with E-state index in [4.69, 9.17) is 9.47 Å². The lowest BCUT2D eigenvalue weighted by molar-refractivity contribution is -0.133. The van der Waals surface area contributed by atoms with Gasteiger partial charge in [-0.15, -0.1) is 0 Å². The Labute approximate surface area is 173 Å². The van der Waals surface area contributed by atoms with E-state index < -0.39 is 0 Å². The first kappa shape index (κ1) is 21.6. The van der Waals surface area contributed by atoms with Gasteiger partial charge in [-0.2, -0.15) is 0 Å². The number of amides is 2. The van der Waals surface area contributed by atoms with Crippen LogP contribution < -0.4 is 10.1 Å². The summed E-state index contributed by atoms with van der Waals surface area (Å²) in [5.74, 6) is 0.931. The number of carbonyl (C=O) groups excluding carboxylic acids is 2. The molecule has 1 saturated carbocycles. The monoisotopic (exact) mass is 402 g/mol. The third kappa shape index (κ3) is 6.74. The van der Waals surface area contributed by atoms with Gasteiger partial charge in [0.1, 0.15) is 11.9 Å². The zero-order chi connectivity index (χ0) is 20.5. The van der Waals surface area contributed by atoms with Crippen molar-refractivity contribution in [1.29, 1.82) is 0 Å². The van der Waals surface area contributed by atoms with Crippen molar-refractivity contribution in [3.05, 3.63) is 29.8 Å². The summed E-state index contributed by atoms with van der Waals surface area (Å²) < 4.78 is 11.0. The van der Waals surface area contributed by atoms with Crippen LogP contribution in [-0.4, -0.2) is 55.7 Å². The van der Waals surface area contributed by atoms with Crippen LogP contribution in [0.2, 0.25) is 0 Å². The van der Waals surface area contributed by atoms with Gasteiger partial charge in [0.15, 0.2) is 0 Å². The summed E-state index contributed by atoms with van der Waals surface area (Å²) >= 11 is 0. The number of rotatable bonds is 7. The van der Waals surface area contributed by atoms with Gasteiger partial charge in [0.25, 0.3) is 5.91 Å². The molecule has 2 fully saturated rings. The third-order valence-corrected chi connectivity index (χ3v) is 5.92. The van der Waals surface area contributed by atoms with Crippen LogP contribution >= 0.6 is 0 Å². The Hall–Kier alpha value is -2.08. The number of benzene rings is 1. The van der Waals surface area contributed by atoms with Gasteiger partial charge in [0.2, 0.25) is 5.91 Å². The number of likely N-dealkylation sites (tertiary alicyclic amines) is 1. The molecule has 1 heterocycles. The average molecular weight is 403 g/mol. The molecular formula is C23H34N2O4. The van der Waals surface area contributed by atoms with Crippen LogP contribution in [0, 0.1) is 0 Å². The highest BCUT2D eigenvalue weighted by atomic mass is 16.5. The van der Waals surface area contributed by atoms with Gasteiger partial charge in [0, 0.05) is 44.6 Å². The van der Waals surface area contributed by atoms with Gasteiger partial charge >= 0.3 is 0 Å². The number of hydrogen-bond donors (Lipinski definition) is 1. The molecule has 2 amide bonds. The molecule has 1 aromatic rings. The quantitative estimate of drug-likeness (QED) is 0.709. The largest absolute Gasteiger partial charge is 0.490 e. The van der Waals surface area contributed by atoms with Crippen molar-refractivity contribution in [3.8, 4) is 5.75 Å². The van der Waals surface area contributed by atoms with Crippen LogP contribution in [0.5, 0.6) is 5.75 Å². The molecule has 1 saturated heterocycles. The van der Waals surface area contributed by atoms with E-state index in [0.29, 0.717) is 24.6 Å². The number of piperidine rings is 1. The molecule has 0 spiro atoms. The van der Waals surface area contributed by atoms with E-state index in [1.165, 1.54) is 25.7 Å². The molecule has 3 rings (SSSR count). The van der Waals surface area contributed by atoms with Crippen molar-refractivity contribution in [1.82, 2.24) is 10.2 Å². The van der Waals surface area contributed by atoms with Crippen LogP contribution in [0.4, 0.5) is 0 Å². The lowest BCUT2D eigenvalue weighted by atomic mass is 10.1. The predicted octanol–water partition coefficient (Wildman–Crippen LogP) is 3.55. The van der Waals surface area contributed by atoms with E-state index >= 15 is 0 Å². The van der Waals surface area contributed by atoms with Gasteiger partial charge in [-0.25, -0.2) is 0 Å². The fourth-order valence-corrected chi connectivity index (χ4v) is 4.14. The smallest absolute Gasteiger partial charge is 0.251 e. The topological polar surface area (TPSA) is 67.9 Å². The van der Waals surface area contributed by atoms with Gasteiger partial charge < -0.3 is 19.7 Å². The van der Waals surface area contributed by atoms with Crippen LogP contribution in [0.3, 0.4) is 0 Å². The van der Waals surface area contributed by atoms with E-state index in [1.54, 1.807) is 7.11 Å². The van der Waals surface area contributed by atoms with E-state index in [0.717, 1.165) is 44.5 Å². The van der Waals surface area contributed by atoms with Crippen molar-refractivity contribution in [2.24, 2.45) is 0 Å². The fraction of sp³-hybridized carbons (Fsp3) is 0.652. The van der Waals surface area contributed by atoms with E-state index in [1.807, 2.05) is 29.2 Å². The first-order valence-electron chi connectivity index (χ1n) is 11.0. The van der Waals surface area contributed by atoms with Gasteiger partial charge in [-0.3, -0.25) is 9.59 Å². The minimum atomic E-state index is 0.00586. The number of nitrogens with zero attached hydrogens (tertiary/aromatic N) is 1. The molecule has 0 atom stereocenters. The second-order valence-electron chi connectivity index (χ2n) is 8.13. The molecular weight excluding hydrogens is 368 g/mol. The van der Waals surface area contributed by atoms with Crippen molar-refractivity contribution in [2.45, 2.75) is 69.9 Å². The standard InChI is InChI=1S/C23H34N2O4/c1-28-17-14-22(26)25-15-12-21(13-16-25)29-20-10-8-18(9-11-20)23(27)24-19-6-4-2-3-5-7-19/h8-11,19,21H,2-7,12-17H2,1H3,(H,24,27). The summed E-state index contributed by atoms with van der Waals surface area (Å²) in [6.45, 7) is 1.90. The Balaban J connectivity index is 1.43. The first-order valence-corrected chi connectivity index (χ1v) is 11.0. The predicted molar refractivity (Wildman–Crippen MR) is 112 cm³/mol. The molecule has 0 radical (unpaired) electrons. The maximum absolute atomic E-state index is 12.5. The molecule has 160 valence electrons. The Morgan fingerprint density at radius 1 is 1.00 bits per heavy atom. The Morgan fingerprint density at radius 3 is 2.28 bits per heavy atom. The number of methoxy groups -OCH3 is 1. The van der Waals surface area contributed by atoms with E-state index in [-0.39, 0.29) is 17.9 Å². The zero-order valence-corrected chi connectivity index (χ0v) is 17.5. The highest BCUT2D eigenvalue weighted by Crippen LogP contribution is 2.21. The summed E-state index contributed by atoms with van der Waals surface area (Å²) in [6, 6.07) is 7.73. The Kier molecular flexibility index (Phi) is 8.35. The van der Waals surface area contributed by atoms with Crippen molar-refractivity contribution in [3.63, 3.8) is 0 Å². The van der Waals surface area contributed by atoms with Crippen LogP contribution in [-0.2, 0) is 9.53 Å². The molecule has 0 unspecified atom stereocenters. The molecule has 6 heteroatoms. The van der Waals surface area contributed by atoms with Crippen LogP contribution in [0.15, 0.2) is 24.3 Å². The molecule has 29 heavy (non-hydrogen) atoms. The molecule has 6 nitrogen and oxygen atoms in total. The molecule has 1 N–H and O–H groups in total. The summed E-state index contributed by atoms with van der Waals surface area (Å²) in [5.41, 5.74) is 0.681. The van der Waals surface area contributed by atoms with Gasteiger partial charge in [-0.05, 0) is 37.1 Å². The summed E-state index contributed by atoms with van der Waals surface area (Å²) in [4.78, 5) is 26.4. The molecule has 0 aromatic heterocycles. The summed E-state index contributed by atoms with van der Waals surface area (Å²) in [7, 11) is 1.61. The Bertz CT molecular complexity index is 645. The number of hydrogen-bond acceptors (Lipinski definition) is 4. The van der Waals surface area contributed by atoms with E-state index in [9.17, 15) is 9.59 Å². The summed E-state index contributed by atoms with van der Waals surface area (Å²) in [6.07, 6.45) is 9.31. The summed E-state index contributed by atoms with van der Waals surface area (Å²) in [5, 5.41) is 3.18. The normalized spacial score (nSPS) is 18.9. The van der Waals surface area contributed by atoms with Crippen molar-refractivity contribution >= 4 is 11.8 Å². The second kappa shape index (κ2) is 11.2. The number of carbonyl (C=O) groups is 2. The highest BCUT2D eigenvalue weighted by molar-refractivity contribution is 5.94. The maximum atomic E-state index is 12.5. The number of ether oxygens (including phenoxy) is 2. The van der Waals surface area contributed by atoms with Gasteiger partial charge in [-0.1, -0.05) is 25.7 Å². The minimum absolute atomic E-state index is 0.00586.